The first-order valence-corrected chi connectivity index (χ1v) is 13.1. The summed E-state index contributed by atoms with van der Waals surface area (Å²) in [4.78, 5) is 26.1. The minimum Gasteiger partial charge on any atom is -0.469 e. The Labute approximate surface area is 226 Å². The molecule has 2 unspecified atom stereocenters. The van der Waals surface area contributed by atoms with Crippen LogP contribution in [0.3, 0.4) is 0 Å². The molecule has 0 bridgehead atoms. The van der Waals surface area contributed by atoms with E-state index in [2.05, 4.69) is 6.92 Å². The smallest absolute Gasteiger partial charge is 0.416 e. The third-order valence-corrected chi connectivity index (χ3v) is 8.73. The summed E-state index contributed by atoms with van der Waals surface area (Å²) in [5, 5.41) is 0. The van der Waals surface area contributed by atoms with Gasteiger partial charge in [-0.15, -0.1) is 0 Å². The van der Waals surface area contributed by atoms with Gasteiger partial charge in [-0.25, -0.2) is 0 Å². The molecule has 0 amide bonds. The summed E-state index contributed by atoms with van der Waals surface area (Å²) in [6.45, 7) is 3.98. The third kappa shape index (κ3) is 4.83. The molecule has 7 heteroatoms. The van der Waals surface area contributed by atoms with Crippen LogP contribution >= 0.6 is 0 Å². The number of carbonyl (C=O) groups is 2. The number of halogens is 3. The predicted octanol–water partition coefficient (Wildman–Crippen LogP) is 7.91. The van der Waals surface area contributed by atoms with Gasteiger partial charge < -0.3 is 9.47 Å². The van der Waals surface area contributed by atoms with E-state index in [1.165, 1.54) is 13.2 Å². The molecule has 204 valence electrons. The number of alkyl halides is 3. The molecular formula is C32H31F3O4. The number of benzene rings is 3. The number of Topliss-reactive ketones (excluding diaryl/α,β-unsaturated/α-hetero) is 1. The van der Waals surface area contributed by atoms with Gasteiger partial charge in [-0.1, -0.05) is 43.7 Å². The van der Waals surface area contributed by atoms with Crippen molar-refractivity contribution in [2.24, 2.45) is 11.3 Å². The SMILES string of the molecule is COC(=O)[C@@]1(C)CCCC2(C)c3cc(Oc4ccc(C(F)(F)F)cc4Cc4ccccc4)ccc3C(=O)CC21. The van der Waals surface area contributed by atoms with Gasteiger partial charge in [0.05, 0.1) is 18.1 Å². The lowest BCUT2D eigenvalue weighted by Crippen LogP contribution is -2.53. The standard InChI is InChI=1S/C32H31F3O4/c1-30-14-7-15-31(2,29(37)38-3)28(30)19-26(36)24-12-11-23(18-25(24)30)39-27-13-10-22(32(33,34)35)17-21(27)16-20-8-5-4-6-9-20/h4-6,8-13,17-18,28H,7,14-16,19H2,1-3H3/t28?,30?,31-/m0/s1. The number of rotatable bonds is 5. The number of hydrogen-bond acceptors (Lipinski definition) is 4. The molecule has 39 heavy (non-hydrogen) atoms. The molecule has 1 fully saturated rings. The fourth-order valence-electron chi connectivity index (χ4n) is 6.66. The second-order valence-electron chi connectivity index (χ2n) is 11.2. The van der Waals surface area contributed by atoms with Gasteiger partial charge in [-0.05, 0) is 84.2 Å². The van der Waals surface area contributed by atoms with Gasteiger partial charge in [0.2, 0.25) is 0 Å². The summed E-state index contributed by atoms with van der Waals surface area (Å²) in [6, 6.07) is 18.0. The molecular weight excluding hydrogens is 505 g/mol. The first-order valence-electron chi connectivity index (χ1n) is 13.1. The fraction of sp³-hybridized carbons (Fsp3) is 0.375. The molecule has 0 spiro atoms. The molecule has 0 N–H and O–H groups in total. The zero-order valence-electron chi connectivity index (χ0n) is 22.2. The Balaban J connectivity index is 1.54. The van der Waals surface area contributed by atoms with Crippen molar-refractivity contribution in [3.05, 3.63) is 94.5 Å². The van der Waals surface area contributed by atoms with Crippen LogP contribution in [-0.4, -0.2) is 18.9 Å². The number of methoxy groups -OCH3 is 1. The maximum Gasteiger partial charge on any atom is 0.416 e. The quantitative estimate of drug-likeness (QED) is 0.311. The predicted molar refractivity (Wildman–Crippen MR) is 141 cm³/mol. The van der Waals surface area contributed by atoms with Crippen LogP contribution in [0, 0.1) is 11.3 Å². The van der Waals surface area contributed by atoms with Crippen LogP contribution in [0.15, 0.2) is 66.7 Å². The van der Waals surface area contributed by atoms with Crippen LogP contribution in [-0.2, 0) is 27.5 Å². The maximum absolute atomic E-state index is 13.5. The fourth-order valence-corrected chi connectivity index (χ4v) is 6.66. The van der Waals surface area contributed by atoms with E-state index in [1.54, 1.807) is 12.1 Å². The zero-order chi connectivity index (χ0) is 28.0. The molecule has 5 rings (SSSR count). The van der Waals surface area contributed by atoms with Crippen molar-refractivity contribution < 1.29 is 32.2 Å². The molecule has 0 radical (unpaired) electrons. The molecule has 2 aliphatic rings. The normalized spacial score (nSPS) is 24.5. The van der Waals surface area contributed by atoms with Gasteiger partial charge in [0.25, 0.3) is 0 Å². The topological polar surface area (TPSA) is 52.6 Å². The van der Waals surface area contributed by atoms with E-state index < -0.39 is 22.6 Å². The Morgan fingerprint density at radius 1 is 1.00 bits per heavy atom. The third-order valence-electron chi connectivity index (χ3n) is 8.73. The van der Waals surface area contributed by atoms with Crippen LogP contribution in [0.5, 0.6) is 11.5 Å². The van der Waals surface area contributed by atoms with Crippen molar-refractivity contribution in [3.63, 3.8) is 0 Å². The molecule has 3 atom stereocenters. The van der Waals surface area contributed by atoms with E-state index in [0.29, 0.717) is 29.0 Å². The average Bonchev–Trinajstić information content (AvgIpc) is 2.90. The van der Waals surface area contributed by atoms with Gasteiger partial charge in [0.15, 0.2) is 5.78 Å². The lowest BCUT2D eigenvalue weighted by atomic mass is 9.49. The molecule has 0 saturated heterocycles. The maximum atomic E-state index is 13.5. The molecule has 3 aromatic rings. The number of ketones is 1. The highest BCUT2D eigenvalue weighted by molar-refractivity contribution is 6.00. The first-order chi connectivity index (χ1) is 18.5. The van der Waals surface area contributed by atoms with Crippen LogP contribution < -0.4 is 4.74 Å². The minimum atomic E-state index is -4.48. The molecule has 3 aromatic carbocycles. The van der Waals surface area contributed by atoms with Crippen molar-refractivity contribution >= 4 is 11.8 Å². The molecule has 0 aromatic heterocycles. The molecule has 0 heterocycles. The van der Waals surface area contributed by atoms with E-state index in [9.17, 15) is 22.8 Å². The van der Waals surface area contributed by atoms with Crippen molar-refractivity contribution in [3.8, 4) is 11.5 Å². The summed E-state index contributed by atoms with van der Waals surface area (Å²) < 4.78 is 52.0. The summed E-state index contributed by atoms with van der Waals surface area (Å²) in [6.07, 6.45) is -1.71. The zero-order valence-corrected chi connectivity index (χ0v) is 22.2. The lowest BCUT2D eigenvalue weighted by molar-refractivity contribution is -0.160. The van der Waals surface area contributed by atoms with Gasteiger partial charge in [-0.2, -0.15) is 13.2 Å². The van der Waals surface area contributed by atoms with Gasteiger partial charge in [0.1, 0.15) is 11.5 Å². The van der Waals surface area contributed by atoms with Gasteiger partial charge in [0, 0.05) is 18.4 Å². The molecule has 0 aliphatic heterocycles. The second kappa shape index (κ2) is 9.85. The largest absolute Gasteiger partial charge is 0.469 e. The molecule has 4 nitrogen and oxygen atoms in total. The summed E-state index contributed by atoms with van der Waals surface area (Å²) in [5.41, 5.74) is 0.692. The Kier molecular flexibility index (Phi) is 6.81. The number of esters is 1. The van der Waals surface area contributed by atoms with E-state index >= 15 is 0 Å². The number of hydrogen-bond donors (Lipinski definition) is 0. The molecule has 2 aliphatic carbocycles. The number of fused-ring (bicyclic) bond motifs is 3. The van der Waals surface area contributed by atoms with Crippen LogP contribution in [0.2, 0.25) is 0 Å². The van der Waals surface area contributed by atoms with Crippen molar-refractivity contribution in [2.75, 3.05) is 7.11 Å². The van der Waals surface area contributed by atoms with Crippen molar-refractivity contribution in [1.29, 1.82) is 0 Å². The van der Waals surface area contributed by atoms with Crippen molar-refractivity contribution in [1.82, 2.24) is 0 Å². The van der Waals surface area contributed by atoms with E-state index in [-0.39, 0.29) is 30.5 Å². The summed E-state index contributed by atoms with van der Waals surface area (Å²) in [5.74, 6) is 0.176. The first kappa shape index (κ1) is 27.0. The second-order valence-corrected chi connectivity index (χ2v) is 11.2. The minimum absolute atomic E-state index is 0.0321. The highest BCUT2D eigenvalue weighted by atomic mass is 19.4. The van der Waals surface area contributed by atoms with Gasteiger partial charge >= 0.3 is 12.1 Å². The summed E-state index contributed by atoms with van der Waals surface area (Å²) >= 11 is 0. The number of carbonyl (C=O) groups excluding carboxylic acids is 2. The molecule has 1 saturated carbocycles. The number of ether oxygens (including phenoxy) is 2. The van der Waals surface area contributed by atoms with Crippen LogP contribution in [0.25, 0.3) is 0 Å². The monoisotopic (exact) mass is 536 g/mol. The highest BCUT2D eigenvalue weighted by Gasteiger charge is 2.57. The summed E-state index contributed by atoms with van der Waals surface area (Å²) in [7, 11) is 1.38. The van der Waals surface area contributed by atoms with Crippen LogP contribution in [0.1, 0.15) is 72.1 Å². The Morgan fingerprint density at radius 2 is 1.74 bits per heavy atom. The van der Waals surface area contributed by atoms with Crippen molar-refractivity contribution in [2.45, 2.75) is 57.5 Å². The Morgan fingerprint density at radius 3 is 2.44 bits per heavy atom. The van der Waals surface area contributed by atoms with E-state index in [0.717, 1.165) is 36.1 Å². The Bertz CT molecular complexity index is 1410. The van der Waals surface area contributed by atoms with Crippen LogP contribution in [0.4, 0.5) is 13.2 Å². The lowest BCUT2D eigenvalue weighted by Gasteiger charge is -2.53. The van der Waals surface area contributed by atoms with E-state index in [4.69, 9.17) is 9.47 Å². The highest BCUT2D eigenvalue weighted by Crippen LogP contribution is 2.58. The average molecular weight is 537 g/mol. The Hall–Kier alpha value is -3.61. The van der Waals surface area contributed by atoms with E-state index in [1.807, 2.05) is 43.3 Å². The van der Waals surface area contributed by atoms with Gasteiger partial charge in [-0.3, -0.25) is 9.59 Å².